The number of rotatable bonds is 8. The van der Waals surface area contributed by atoms with E-state index in [2.05, 4.69) is 11.9 Å². The second-order valence-corrected chi connectivity index (χ2v) is 8.05. The molecule has 0 atom stereocenters. The molecule has 0 saturated heterocycles. The minimum Gasteiger partial charge on any atom is -0.457 e. The Labute approximate surface area is 200 Å². The van der Waals surface area contributed by atoms with Gasteiger partial charge in [0.05, 0.1) is 0 Å². The molecule has 4 nitrogen and oxygen atoms in total. The van der Waals surface area contributed by atoms with Crippen molar-refractivity contribution in [2.45, 2.75) is 19.9 Å². The van der Waals surface area contributed by atoms with E-state index in [1.165, 1.54) is 12.1 Å². The summed E-state index contributed by atoms with van der Waals surface area (Å²) in [5, 5.41) is 2.65. The first-order valence-electron chi connectivity index (χ1n) is 10.9. The van der Waals surface area contributed by atoms with Crippen molar-refractivity contribution in [2.75, 3.05) is 14.1 Å². The molecule has 34 heavy (non-hydrogen) atoms. The number of carbonyl (C=O) groups excluding carboxylic acids is 1. The van der Waals surface area contributed by atoms with Crippen LogP contribution in [0, 0.1) is 18.6 Å². The number of benzene rings is 2. The van der Waals surface area contributed by atoms with Crippen LogP contribution in [0.3, 0.4) is 0 Å². The first-order chi connectivity index (χ1) is 16.3. The molecule has 0 spiro atoms. The van der Waals surface area contributed by atoms with Crippen molar-refractivity contribution in [1.82, 2.24) is 10.2 Å². The molecule has 0 aliphatic heterocycles. The van der Waals surface area contributed by atoms with Crippen molar-refractivity contribution < 1.29 is 19.7 Å². The number of nitrogens with zero attached hydrogens (tertiary/aromatic N) is 1. The summed E-state index contributed by atoms with van der Waals surface area (Å²) in [4.78, 5) is 14.7. The summed E-state index contributed by atoms with van der Waals surface area (Å²) >= 11 is 0. The minimum absolute atomic E-state index is 0. The molecule has 3 rings (SSSR count). The first-order valence-corrected chi connectivity index (χ1v) is 10.9. The predicted octanol–water partition coefficient (Wildman–Crippen LogP) is 6.23. The van der Waals surface area contributed by atoms with Crippen molar-refractivity contribution in [2.24, 2.45) is 0 Å². The van der Waals surface area contributed by atoms with Crippen LogP contribution >= 0.6 is 0 Å². The van der Waals surface area contributed by atoms with Crippen molar-refractivity contribution in [1.29, 1.82) is 0 Å². The highest BCUT2D eigenvalue weighted by atomic mass is 19.2. The number of allylic oxidation sites excluding steroid dienone is 7. The van der Waals surface area contributed by atoms with E-state index in [-0.39, 0.29) is 13.5 Å². The summed E-state index contributed by atoms with van der Waals surface area (Å²) in [6.45, 7) is 5.57. The van der Waals surface area contributed by atoms with Gasteiger partial charge in [0.15, 0.2) is 11.6 Å². The molecule has 2 aromatic rings. The highest BCUT2D eigenvalue weighted by molar-refractivity contribution is 5.96. The third-order valence-electron chi connectivity index (χ3n) is 5.27. The third-order valence-corrected chi connectivity index (χ3v) is 5.27. The summed E-state index contributed by atoms with van der Waals surface area (Å²) in [6.07, 6.45) is 12.3. The van der Waals surface area contributed by atoms with E-state index in [0.29, 0.717) is 22.6 Å². The molecular formula is C28H30F2N2O2. The minimum atomic E-state index is -0.963. The van der Waals surface area contributed by atoms with E-state index < -0.39 is 17.5 Å². The molecule has 1 aliphatic rings. The molecule has 0 bridgehead atoms. The van der Waals surface area contributed by atoms with Gasteiger partial charge in [-0.1, -0.05) is 43.0 Å². The van der Waals surface area contributed by atoms with Gasteiger partial charge in [0.1, 0.15) is 11.5 Å². The molecule has 1 aliphatic carbocycles. The molecule has 0 aromatic heterocycles. The molecular weight excluding hydrogens is 434 g/mol. The topological polar surface area (TPSA) is 41.6 Å². The summed E-state index contributed by atoms with van der Waals surface area (Å²) < 4.78 is 33.5. The van der Waals surface area contributed by atoms with Crippen LogP contribution < -0.4 is 10.1 Å². The van der Waals surface area contributed by atoms with Gasteiger partial charge >= 0.3 is 0 Å². The van der Waals surface area contributed by atoms with Crippen LogP contribution in [0.5, 0.6) is 5.75 Å². The Balaban J connectivity index is 0.00000432. The average molecular weight is 465 g/mol. The number of ether oxygens (including phenoxy) is 1. The number of hydrogen-bond acceptors (Lipinski definition) is 3. The zero-order chi connectivity index (χ0) is 24.7. The van der Waals surface area contributed by atoms with E-state index >= 15 is 0 Å². The monoisotopic (exact) mass is 464 g/mol. The Morgan fingerprint density at radius 2 is 2.00 bits per heavy atom. The van der Waals surface area contributed by atoms with Crippen molar-refractivity contribution in [3.8, 4) is 5.75 Å². The molecule has 6 heteroatoms. The van der Waals surface area contributed by atoms with Gasteiger partial charge in [0.25, 0.3) is 5.91 Å². The molecule has 178 valence electrons. The van der Waals surface area contributed by atoms with Gasteiger partial charge in [0, 0.05) is 45.0 Å². The molecule has 1 amide bonds. The Kier molecular flexibility index (Phi) is 8.19. The largest absolute Gasteiger partial charge is 0.457 e. The summed E-state index contributed by atoms with van der Waals surface area (Å²) in [5.74, 6) is -1.16. The lowest BCUT2D eigenvalue weighted by molar-refractivity contribution is 0.0949. The number of nitrogens with one attached hydrogen (secondary N) is 1. The van der Waals surface area contributed by atoms with E-state index in [1.807, 2.05) is 49.5 Å². The molecule has 1 N–H and O–H groups in total. The number of halogens is 2. The van der Waals surface area contributed by atoms with Crippen LogP contribution in [0.4, 0.5) is 8.78 Å². The second kappa shape index (κ2) is 11.3. The van der Waals surface area contributed by atoms with E-state index in [1.54, 1.807) is 31.2 Å². The quantitative estimate of drug-likeness (QED) is 0.471. The second-order valence-electron chi connectivity index (χ2n) is 8.05. The van der Waals surface area contributed by atoms with Crippen molar-refractivity contribution in [3.63, 3.8) is 0 Å². The van der Waals surface area contributed by atoms with Gasteiger partial charge in [-0.15, -0.1) is 0 Å². The van der Waals surface area contributed by atoms with Crippen LogP contribution in [-0.2, 0) is 6.54 Å². The third kappa shape index (κ3) is 6.10. The number of carbonyl (C=O) groups is 1. The molecule has 0 heterocycles. The Morgan fingerprint density at radius 1 is 1.24 bits per heavy atom. The maximum Gasteiger partial charge on any atom is 0.251 e. The van der Waals surface area contributed by atoms with Gasteiger partial charge in [-0.05, 0) is 54.8 Å². The van der Waals surface area contributed by atoms with E-state index in [4.69, 9.17) is 4.74 Å². The zero-order valence-electron chi connectivity index (χ0n) is 19.6. The molecule has 0 fully saturated rings. The fourth-order valence-corrected chi connectivity index (χ4v) is 3.50. The summed E-state index contributed by atoms with van der Waals surface area (Å²) in [7, 11) is 3.90. The summed E-state index contributed by atoms with van der Waals surface area (Å²) in [5.41, 5.74) is 3.14. The molecule has 2 aromatic carbocycles. The highest BCUT2D eigenvalue weighted by Gasteiger charge is 2.15. The lowest BCUT2D eigenvalue weighted by Gasteiger charge is -2.15. The highest BCUT2D eigenvalue weighted by Crippen LogP contribution is 2.27. The predicted molar refractivity (Wildman–Crippen MR) is 133 cm³/mol. The van der Waals surface area contributed by atoms with Gasteiger partial charge in [0.2, 0.25) is 0 Å². The smallest absolute Gasteiger partial charge is 0.251 e. The van der Waals surface area contributed by atoms with E-state index in [9.17, 15) is 13.6 Å². The molecule has 0 unspecified atom stereocenters. The Bertz CT molecular complexity index is 1210. The maximum absolute atomic E-state index is 13.9. The lowest BCUT2D eigenvalue weighted by Crippen LogP contribution is -2.24. The standard InChI is InChI=1S/C28H28F2N2O2.H2/c1-5-20(18-32(3)4)21-10-6-7-12-23(16-21)34-26-15-9-13-24(19(26)2)28(33)31-17-22-11-8-14-25(29)27(22)30;/h5-9,11-16,18H,1,10,17H2,2-4H3,(H,31,33);1H/b20-18+;. The van der Waals surface area contributed by atoms with Crippen LogP contribution in [0.1, 0.15) is 29.3 Å². The van der Waals surface area contributed by atoms with Gasteiger partial charge in [-0.25, -0.2) is 8.78 Å². The SMILES string of the molecule is C=C/C(=C\N(C)C)C1=CC(Oc2cccc(C(=O)NCc3cccc(F)c3F)c2C)=CC=CC1.[HH]. The van der Waals surface area contributed by atoms with Crippen molar-refractivity contribution >= 4 is 5.91 Å². The van der Waals surface area contributed by atoms with Gasteiger partial charge in [-0.2, -0.15) is 0 Å². The lowest BCUT2D eigenvalue weighted by atomic mass is 10.0. The van der Waals surface area contributed by atoms with Gasteiger partial charge < -0.3 is 15.0 Å². The van der Waals surface area contributed by atoms with Crippen LogP contribution in [0.25, 0.3) is 0 Å². The number of hydrogen-bond donors (Lipinski definition) is 1. The Morgan fingerprint density at radius 3 is 2.74 bits per heavy atom. The Hall–Kier alpha value is -3.93. The average Bonchev–Trinajstić information content (AvgIpc) is 3.05. The summed E-state index contributed by atoms with van der Waals surface area (Å²) in [6, 6.07) is 9.05. The zero-order valence-corrected chi connectivity index (χ0v) is 19.6. The fraction of sp³-hybridized carbons (Fsp3) is 0.179. The number of amides is 1. The fourth-order valence-electron chi connectivity index (χ4n) is 3.50. The van der Waals surface area contributed by atoms with Crippen molar-refractivity contribution in [3.05, 3.63) is 125 Å². The van der Waals surface area contributed by atoms with Gasteiger partial charge in [-0.3, -0.25) is 4.79 Å². The van der Waals surface area contributed by atoms with Crippen LogP contribution in [-0.4, -0.2) is 24.9 Å². The molecule has 0 saturated carbocycles. The van der Waals surface area contributed by atoms with Crippen LogP contribution in [0.2, 0.25) is 0 Å². The molecule has 0 radical (unpaired) electrons. The normalized spacial score (nSPS) is 13.5. The first kappa shape index (κ1) is 24.7. The van der Waals surface area contributed by atoms with Crippen LogP contribution in [0.15, 0.2) is 96.5 Å². The maximum atomic E-state index is 13.9. The van der Waals surface area contributed by atoms with E-state index in [0.717, 1.165) is 23.6 Å².